The largest absolute Gasteiger partial charge is 0.387 e. The van der Waals surface area contributed by atoms with Crippen LogP contribution in [0.4, 0.5) is 5.82 Å². The molecule has 0 spiro atoms. The van der Waals surface area contributed by atoms with Crippen molar-refractivity contribution in [1.29, 1.82) is 0 Å². The summed E-state index contributed by atoms with van der Waals surface area (Å²) in [6, 6.07) is 0. The minimum Gasteiger partial charge on any atom is -0.387 e. The standard InChI is InChI=1S/C19H22N6/c1-2-13(1)15-11-22-12-16-17(15)19(25-9-7-21-8-10-25)24-18(23-16)14-3-5-20-6-4-14/h3-5,11-13,20-21H,1-2,6-10H2/i7D2,8D2,9D2,10D2. The number of fused-ring (bicyclic) bond motifs is 1. The van der Waals surface area contributed by atoms with Crippen LogP contribution < -0.4 is 15.5 Å². The van der Waals surface area contributed by atoms with E-state index in [1.54, 1.807) is 18.5 Å². The van der Waals surface area contributed by atoms with Crippen LogP contribution >= 0.6 is 0 Å². The van der Waals surface area contributed by atoms with Crippen LogP contribution in [0.2, 0.25) is 0 Å². The Bertz CT molecular complexity index is 1160. The summed E-state index contributed by atoms with van der Waals surface area (Å²) in [5.74, 6) is 0.119. The molecule has 25 heavy (non-hydrogen) atoms. The van der Waals surface area contributed by atoms with Gasteiger partial charge in [0.05, 0.1) is 17.2 Å². The first kappa shape index (κ1) is 8.76. The number of aromatic nitrogens is 3. The molecule has 0 atom stereocenters. The molecule has 128 valence electrons. The molecule has 2 fully saturated rings. The zero-order valence-corrected chi connectivity index (χ0v) is 13.4. The SMILES string of the molecule is [2H]C1([2H])NC([2H])([2H])C([2H])([2H])N(c2nc(C3=CCNC=C3)nc3cncc(C4CC4)c23)C1([2H])[2H]. The molecule has 2 N–H and O–H groups in total. The Kier molecular flexibility index (Phi) is 2.14. The summed E-state index contributed by atoms with van der Waals surface area (Å²) in [5.41, 5.74) is 1.70. The van der Waals surface area contributed by atoms with Crippen LogP contribution in [-0.2, 0) is 0 Å². The van der Waals surface area contributed by atoms with Gasteiger partial charge in [-0.2, -0.15) is 0 Å². The first-order valence-electron chi connectivity index (χ1n) is 12.2. The third kappa shape index (κ3) is 2.76. The lowest BCUT2D eigenvalue weighted by Crippen LogP contribution is -2.44. The van der Waals surface area contributed by atoms with Crippen molar-refractivity contribution in [1.82, 2.24) is 25.6 Å². The van der Waals surface area contributed by atoms with Crippen LogP contribution in [-0.4, -0.2) is 47.5 Å². The van der Waals surface area contributed by atoms with E-state index in [0.29, 0.717) is 27.9 Å². The van der Waals surface area contributed by atoms with Crippen LogP contribution in [0, 0.1) is 0 Å². The topological polar surface area (TPSA) is 66.0 Å². The predicted molar refractivity (Wildman–Crippen MR) is 99.5 cm³/mol. The Morgan fingerprint density at radius 2 is 2.04 bits per heavy atom. The fraction of sp³-hybridized carbons (Fsp3) is 0.421. The number of dihydropyridines is 1. The van der Waals surface area contributed by atoms with Gasteiger partial charge in [-0.05, 0) is 36.6 Å². The summed E-state index contributed by atoms with van der Waals surface area (Å²) in [6.45, 7) is -11.3. The lowest BCUT2D eigenvalue weighted by molar-refractivity contribution is 0.585. The number of allylic oxidation sites excluding steroid dienone is 2. The molecular weight excluding hydrogens is 312 g/mol. The molecule has 2 aliphatic heterocycles. The smallest absolute Gasteiger partial charge is 0.162 e. The van der Waals surface area contributed by atoms with E-state index in [9.17, 15) is 0 Å². The Hall–Kier alpha value is -2.47. The van der Waals surface area contributed by atoms with E-state index in [4.69, 9.17) is 11.0 Å². The number of hydrogen-bond donors (Lipinski definition) is 2. The highest BCUT2D eigenvalue weighted by molar-refractivity contribution is 5.94. The molecule has 6 nitrogen and oxygen atoms in total. The monoisotopic (exact) mass is 342 g/mol. The maximum Gasteiger partial charge on any atom is 0.162 e. The Morgan fingerprint density at radius 3 is 2.80 bits per heavy atom. The molecule has 0 aromatic carbocycles. The molecule has 4 heterocycles. The molecule has 1 saturated heterocycles. The van der Waals surface area contributed by atoms with Gasteiger partial charge in [-0.15, -0.1) is 0 Å². The molecule has 5 rings (SSSR count). The van der Waals surface area contributed by atoms with Gasteiger partial charge in [0.25, 0.3) is 0 Å². The average Bonchev–Trinajstić information content (AvgIpc) is 3.57. The van der Waals surface area contributed by atoms with Crippen LogP contribution in [0.5, 0.6) is 0 Å². The Labute approximate surface area is 158 Å². The van der Waals surface area contributed by atoms with E-state index in [0.717, 1.165) is 18.4 Å². The summed E-state index contributed by atoms with van der Waals surface area (Å²) in [5, 5.41) is 5.25. The van der Waals surface area contributed by atoms with Gasteiger partial charge in [0.1, 0.15) is 5.82 Å². The molecule has 0 radical (unpaired) electrons. The van der Waals surface area contributed by atoms with Crippen molar-refractivity contribution in [3.63, 3.8) is 0 Å². The zero-order valence-electron chi connectivity index (χ0n) is 21.4. The van der Waals surface area contributed by atoms with Crippen molar-refractivity contribution in [2.45, 2.75) is 18.8 Å². The Morgan fingerprint density at radius 1 is 1.16 bits per heavy atom. The van der Waals surface area contributed by atoms with Gasteiger partial charge in [-0.1, -0.05) is 6.08 Å². The van der Waals surface area contributed by atoms with Gasteiger partial charge in [-0.25, -0.2) is 9.97 Å². The summed E-state index contributed by atoms with van der Waals surface area (Å²) in [7, 11) is 0. The van der Waals surface area contributed by atoms with Gasteiger partial charge >= 0.3 is 0 Å². The van der Waals surface area contributed by atoms with Crippen LogP contribution in [0.1, 0.15) is 41.1 Å². The highest BCUT2D eigenvalue weighted by Gasteiger charge is 2.29. The van der Waals surface area contributed by atoms with Crippen molar-refractivity contribution in [2.75, 3.05) is 37.4 Å². The van der Waals surface area contributed by atoms with Crippen LogP contribution in [0.15, 0.2) is 30.7 Å². The van der Waals surface area contributed by atoms with E-state index >= 15 is 0 Å². The number of rotatable bonds is 3. The third-order valence-corrected chi connectivity index (χ3v) is 4.39. The maximum atomic E-state index is 8.57. The lowest BCUT2D eigenvalue weighted by Gasteiger charge is -2.30. The fourth-order valence-corrected chi connectivity index (χ4v) is 3.04. The van der Waals surface area contributed by atoms with E-state index in [2.05, 4.69) is 20.3 Å². The third-order valence-electron chi connectivity index (χ3n) is 4.39. The molecule has 2 aromatic heterocycles. The minimum atomic E-state index is -3.00. The van der Waals surface area contributed by atoms with E-state index in [1.165, 1.54) is 6.20 Å². The second-order valence-corrected chi connectivity index (χ2v) is 6.10. The second-order valence-electron chi connectivity index (χ2n) is 6.10. The number of nitrogens with zero attached hydrogens (tertiary/aromatic N) is 4. The van der Waals surface area contributed by atoms with Gasteiger partial charge < -0.3 is 15.5 Å². The predicted octanol–water partition coefficient (Wildman–Crippen LogP) is 1.81. The number of hydrogen-bond acceptors (Lipinski definition) is 6. The van der Waals surface area contributed by atoms with E-state index in [-0.39, 0.29) is 17.6 Å². The highest BCUT2D eigenvalue weighted by Crippen LogP contribution is 2.44. The molecule has 3 aliphatic rings. The zero-order chi connectivity index (χ0) is 23.8. The first-order chi connectivity index (χ1) is 15.4. The summed E-state index contributed by atoms with van der Waals surface area (Å²) < 4.78 is 67.1. The normalized spacial score (nSPS) is 33.3. The quantitative estimate of drug-likeness (QED) is 0.887. The van der Waals surface area contributed by atoms with Crippen molar-refractivity contribution in [2.24, 2.45) is 0 Å². The fourth-order valence-electron chi connectivity index (χ4n) is 3.04. The molecular formula is C19H22N6. The van der Waals surface area contributed by atoms with Crippen molar-refractivity contribution in [3.05, 3.63) is 42.1 Å². The summed E-state index contributed by atoms with van der Waals surface area (Å²) in [4.78, 5) is 13.9. The number of piperazine rings is 1. The number of nitrogens with one attached hydrogen (secondary N) is 2. The van der Waals surface area contributed by atoms with Gasteiger partial charge in [0.2, 0.25) is 0 Å². The molecule has 0 amide bonds. The average molecular weight is 342 g/mol. The van der Waals surface area contributed by atoms with Crippen molar-refractivity contribution < 1.29 is 11.0 Å². The lowest BCUT2D eigenvalue weighted by atomic mass is 10.1. The van der Waals surface area contributed by atoms with Crippen molar-refractivity contribution >= 4 is 22.3 Å². The van der Waals surface area contributed by atoms with E-state index in [1.807, 2.05) is 11.4 Å². The molecule has 2 aromatic rings. The first-order valence-corrected chi connectivity index (χ1v) is 8.23. The number of anilines is 1. The van der Waals surface area contributed by atoms with Crippen molar-refractivity contribution in [3.8, 4) is 0 Å². The molecule has 6 heteroatoms. The van der Waals surface area contributed by atoms with Gasteiger partial charge in [-0.3, -0.25) is 4.98 Å². The van der Waals surface area contributed by atoms with Gasteiger partial charge in [0, 0.05) is 55.2 Å². The molecule has 0 bridgehead atoms. The maximum absolute atomic E-state index is 8.57. The summed E-state index contributed by atoms with van der Waals surface area (Å²) >= 11 is 0. The Balaban J connectivity index is 1.85. The number of pyridine rings is 1. The van der Waals surface area contributed by atoms with E-state index < -0.39 is 26.0 Å². The minimum absolute atomic E-state index is 0.126. The second kappa shape index (κ2) is 6.11. The highest BCUT2D eigenvalue weighted by atomic mass is 15.2. The summed E-state index contributed by atoms with van der Waals surface area (Å²) in [6.07, 6.45) is 10.1. The van der Waals surface area contributed by atoms with Gasteiger partial charge in [0.15, 0.2) is 5.82 Å². The van der Waals surface area contributed by atoms with Crippen LogP contribution in [0.3, 0.4) is 0 Å². The van der Waals surface area contributed by atoms with Crippen LogP contribution in [0.25, 0.3) is 16.5 Å². The molecule has 1 saturated carbocycles. The molecule has 0 unspecified atom stereocenters. The molecule has 1 aliphatic carbocycles.